The number of benzene rings is 2. The average molecular weight is 378 g/mol. The maximum absolute atomic E-state index is 12.8. The Balaban J connectivity index is 1.55. The minimum absolute atomic E-state index is 0.0330. The minimum atomic E-state index is -0.366. The lowest BCUT2D eigenvalue weighted by atomic mass is 9.90. The molecule has 0 aliphatic rings. The van der Waals surface area contributed by atoms with E-state index in [1.165, 1.54) is 0 Å². The summed E-state index contributed by atoms with van der Waals surface area (Å²) < 4.78 is 0. The average Bonchev–Trinajstić information content (AvgIpc) is 3.20. The van der Waals surface area contributed by atoms with Crippen LogP contribution in [-0.4, -0.2) is 24.9 Å². The molecule has 0 aliphatic carbocycles. The van der Waals surface area contributed by atoms with Crippen LogP contribution < -0.4 is 10.6 Å². The van der Waals surface area contributed by atoms with Gasteiger partial charge < -0.3 is 10.6 Å². The monoisotopic (exact) mass is 378 g/mol. The number of carbonyl (C=O) groups excluding carboxylic acids is 2. The van der Waals surface area contributed by atoms with Gasteiger partial charge in [-0.25, -0.2) is 0 Å². The zero-order valence-electron chi connectivity index (χ0n) is 14.9. The third kappa shape index (κ3) is 5.53. The molecule has 138 valence electrons. The molecule has 4 nitrogen and oxygen atoms in total. The predicted molar refractivity (Wildman–Crippen MR) is 109 cm³/mol. The van der Waals surface area contributed by atoms with Crippen molar-refractivity contribution in [3.05, 3.63) is 94.2 Å². The zero-order valence-corrected chi connectivity index (χ0v) is 15.7. The second kappa shape index (κ2) is 9.69. The number of thiophene rings is 1. The van der Waals surface area contributed by atoms with Gasteiger partial charge in [-0.1, -0.05) is 66.7 Å². The Morgan fingerprint density at radius 3 is 1.93 bits per heavy atom. The number of hydrogen-bond acceptors (Lipinski definition) is 3. The highest BCUT2D eigenvalue weighted by Crippen LogP contribution is 2.24. The van der Waals surface area contributed by atoms with E-state index in [2.05, 4.69) is 10.6 Å². The van der Waals surface area contributed by atoms with Gasteiger partial charge >= 0.3 is 0 Å². The molecule has 27 heavy (non-hydrogen) atoms. The van der Waals surface area contributed by atoms with Crippen LogP contribution in [0, 0.1) is 0 Å². The van der Waals surface area contributed by atoms with E-state index < -0.39 is 0 Å². The topological polar surface area (TPSA) is 58.2 Å². The van der Waals surface area contributed by atoms with Crippen molar-refractivity contribution < 1.29 is 9.59 Å². The molecule has 3 aromatic rings. The van der Waals surface area contributed by atoms with E-state index in [0.717, 1.165) is 16.0 Å². The highest BCUT2D eigenvalue weighted by molar-refractivity contribution is 7.10. The summed E-state index contributed by atoms with van der Waals surface area (Å²) >= 11 is 1.56. The first kappa shape index (κ1) is 18.9. The van der Waals surface area contributed by atoms with Gasteiger partial charge in [0, 0.05) is 18.0 Å². The van der Waals surface area contributed by atoms with Crippen LogP contribution in [0.3, 0.4) is 0 Å². The molecular weight excluding hydrogens is 356 g/mol. The van der Waals surface area contributed by atoms with Crippen molar-refractivity contribution in [3.8, 4) is 0 Å². The highest BCUT2D eigenvalue weighted by Gasteiger charge is 2.21. The van der Waals surface area contributed by atoms with Crippen LogP contribution in [0.25, 0.3) is 0 Å². The Morgan fingerprint density at radius 1 is 0.778 bits per heavy atom. The van der Waals surface area contributed by atoms with Crippen LogP contribution in [0.1, 0.15) is 21.9 Å². The fraction of sp³-hybridized carbons (Fsp3) is 0.182. The Kier molecular flexibility index (Phi) is 6.77. The van der Waals surface area contributed by atoms with E-state index in [1.54, 1.807) is 11.3 Å². The molecule has 0 atom stereocenters. The van der Waals surface area contributed by atoms with Crippen LogP contribution in [0.15, 0.2) is 78.2 Å². The standard InChI is InChI=1S/C22H22N2O2S/c25-20(16-19-12-7-15-27-19)23-13-14-24-22(26)21(17-8-3-1-4-9-17)18-10-5-2-6-11-18/h1-12,15,21H,13-14,16H2,(H,23,25)(H,24,26). The second-order valence-electron chi connectivity index (χ2n) is 6.15. The van der Waals surface area contributed by atoms with Gasteiger partial charge in [0.25, 0.3) is 0 Å². The quantitative estimate of drug-likeness (QED) is 0.591. The molecule has 1 aromatic heterocycles. The molecule has 1 heterocycles. The predicted octanol–water partition coefficient (Wildman–Crippen LogP) is 3.36. The Hall–Kier alpha value is -2.92. The van der Waals surface area contributed by atoms with Crippen molar-refractivity contribution in [1.82, 2.24) is 10.6 Å². The van der Waals surface area contributed by atoms with Crippen LogP contribution >= 0.6 is 11.3 Å². The van der Waals surface area contributed by atoms with Gasteiger partial charge in [-0.15, -0.1) is 11.3 Å². The molecule has 2 amide bonds. The third-order valence-electron chi connectivity index (χ3n) is 4.19. The van der Waals surface area contributed by atoms with E-state index in [1.807, 2.05) is 78.2 Å². The number of rotatable bonds is 8. The summed E-state index contributed by atoms with van der Waals surface area (Å²) in [5, 5.41) is 7.75. The van der Waals surface area contributed by atoms with Gasteiger partial charge in [0.05, 0.1) is 12.3 Å². The first-order chi connectivity index (χ1) is 13.2. The lowest BCUT2D eigenvalue weighted by molar-refractivity contribution is -0.123. The maximum Gasteiger partial charge on any atom is 0.232 e. The zero-order chi connectivity index (χ0) is 18.9. The first-order valence-corrected chi connectivity index (χ1v) is 9.78. The van der Waals surface area contributed by atoms with Gasteiger partial charge in [-0.05, 0) is 22.6 Å². The van der Waals surface area contributed by atoms with Gasteiger partial charge in [0.15, 0.2) is 0 Å². The summed E-state index contributed by atoms with van der Waals surface area (Å²) in [6.07, 6.45) is 0.377. The van der Waals surface area contributed by atoms with Crippen molar-refractivity contribution in [2.75, 3.05) is 13.1 Å². The molecular formula is C22H22N2O2S. The Labute approximate surface area is 163 Å². The smallest absolute Gasteiger partial charge is 0.232 e. The molecule has 2 N–H and O–H groups in total. The van der Waals surface area contributed by atoms with Gasteiger partial charge in [-0.2, -0.15) is 0 Å². The first-order valence-electron chi connectivity index (χ1n) is 8.91. The fourth-order valence-corrected chi connectivity index (χ4v) is 3.61. The third-order valence-corrected chi connectivity index (χ3v) is 5.07. The largest absolute Gasteiger partial charge is 0.354 e. The van der Waals surface area contributed by atoms with Crippen LogP contribution in [0.5, 0.6) is 0 Å². The molecule has 3 rings (SSSR count). The number of hydrogen-bond donors (Lipinski definition) is 2. The molecule has 0 bridgehead atoms. The van der Waals surface area contributed by atoms with Crippen molar-refractivity contribution in [2.24, 2.45) is 0 Å². The van der Waals surface area contributed by atoms with E-state index in [0.29, 0.717) is 19.5 Å². The molecule has 2 aromatic carbocycles. The van der Waals surface area contributed by atoms with Crippen LogP contribution in [0.2, 0.25) is 0 Å². The Bertz CT molecular complexity index is 809. The molecule has 0 saturated heterocycles. The van der Waals surface area contributed by atoms with Crippen molar-refractivity contribution >= 4 is 23.2 Å². The summed E-state index contributed by atoms with van der Waals surface area (Å²) in [6, 6.07) is 23.3. The van der Waals surface area contributed by atoms with Gasteiger partial charge in [-0.3, -0.25) is 9.59 Å². The molecule has 0 radical (unpaired) electrons. The van der Waals surface area contributed by atoms with Gasteiger partial charge in [0.1, 0.15) is 0 Å². The van der Waals surface area contributed by atoms with Crippen LogP contribution in [0.4, 0.5) is 0 Å². The fourth-order valence-electron chi connectivity index (χ4n) is 2.91. The number of nitrogens with one attached hydrogen (secondary N) is 2. The lowest BCUT2D eigenvalue weighted by Gasteiger charge is -2.18. The summed E-state index contributed by atoms with van der Waals surface area (Å²) in [7, 11) is 0. The highest BCUT2D eigenvalue weighted by atomic mass is 32.1. The SMILES string of the molecule is O=C(Cc1cccs1)NCCNC(=O)C(c1ccccc1)c1ccccc1. The van der Waals surface area contributed by atoms with Crippen molar-refractivity contribution in [1.29, 1.82) is 0 Å². The normalized spacial score (nSPS) is 10.6. The van der Waals surface area contributed by atoms with Crippen LogP contribution in [-0.2, 0) is 16.0 Å². The number of amides is 2. The van der Waals surface area contributed by atoms with E-state index in [4.69, 9.17) is 0 Å². The molecule has 0 spiro atoms. The summed E-state index contributed by atoms with van der Waals surface area (Å²) in [4.78, 5) is 25.8. The Morgan fingerprint density at radius 2 is 1.37 bits per heavy atom. The van der Waals surface area contributed by atoms with Crippen molar-refractivity contribution in [3.63, 3.8) is 0 Å². The number of carbonyl (C=O) groups is 2. The lowest BCUT2D eigenvalue weighted by Crippen LogP contribution is -2.37. The molecule has 0 saturated carbocycles. The minimum Gasteiger partial charge on any atom is -0.354 e. The molecule has 0 aliphatic heterocycles. The maximum atomic E-state index is 12.8. The molecule has 0 fully saturated rings. The van der Waals surface area contributed by atoms with E-state index >= 15 is 0 Å². The molecule has 0 unspecified atom stereocenters. The van der Waals surface area contributed by atoms with E-state index in [-0.39, 0.29) is 17.7 Å². The summed E-state index contributed by atoms with van der Waals surface area (Å²) in [5.41, 5.74) is 1.89. The second-order valence-corrected chi connectivity index (χ2v) is 7.18. The van der Waals surface area contributed by atoms with Gasteiger partial charge in [0.2, 0.25) is 11.8 Å². The van der Waals surface area contributed by atoms with E-state index in [9.17, 15) is 9.59 Å². The molecule has 5 heteroatoms. The summed E-state index contributed by atoms with van der Waals surface area (Å²) in [6.45, 7) is 0.803. The summed E-state index contributed by atoms with van der Waals surface area (Å²) in [5.74, 6) is -0.469. The van der Waals surface area contributed by atoms with Crippen molar-refractivity contribution in [2.45, 2.75) is 12.3 Å².